The number of aromatic nitrogens is 1. The molecule has 5 heteroatoms. The fourth-order valence-corrected chi connectivity index (χ4v) is 2.03. The second kappa shape index (κ2) is 4.65. The average molecular weight is 224 g/mol. The quantitative estimate of drug-likeness (QED) is 0.786. The standard InChI is InChI=1S/C11H16N2O3/c1-7-10(16-6-12-7)11(15)13-8-4-2-3-5-9(8)14/h6,8-9,14H,2-5H2,1H3,(H,13,15)/t8-,9-/m0/s1. The van der Waals surface area contributed by atoms with Crippen molar-refractivity contribution >= 4 is 5.91 Å². The number of amides is 1. The van der Waals surface area contributed by atoms with Crippen molar-refractivity contribution in [2.24, 2.45) is 0 Å². The van der Waals surface area contributed by atoms with Crippen molar-refractivity contribution in [1.29, 1.82) is 0 Å². The Balaban J connectivity index is 1.99. The summed E-state index contributed by atoms with van der Waals surface area (Å²) in [5, 5.41) is 12.5. The molecule has 1 aliphatic rings. The van der Waals surface area contributed by atoms with Crippen LogP contribution in [0.4, 0.5) is 0 Å². The van der Waals surface area contributed by atoms with Gasteiger partial charge in [-0.2, -0.15) is 0 Å². The second-order valence-electron chi connectivity index (χ2n) is 4.20. The maximum atomic E-state index is 11.8. The molecule has 1 amide bonds. The van der Waals surface area contributed by atoms with Gasteiger partial charge in [-0.15, -0.1) is 0 Å². The number of carbonyl (C=O) groups excluding carboxylic acids is 1. The van der Waals surface area contributed by atoms with E-state index in [1.165, 1.54) is 6.39 Å². The molecule has 2 rings (SSSR count). The number of aliphatic hydroxyl groups excluding tert-OH is 1. The Morgan fingerprint density at radius 1 is 1.56 bits per heavy atom. The fourth-order valence-electron chi connectivity index (χ4n) is 2.03. The molecule has 0 bridgehead atoms. The van der Waals surface area contributed by atoms with Crippen molar-refractivity contribution in [3.05, 3.63) is 17.8 Å². The van der Waals surface area contributed by atoms with Crippen LogP contribution in [0, 0.1) is 6.92 Å². The molecule has 1 aromatic rings. The number of aliphatic hydroxyl groups is 1. The van der Waals surface area contributed by atoms with E-state index in [0.29, 0.717) is 5.69 Å². The van der Waals surface area contributed by atoms with E-state index in [9.17, 15) is 9.90 Å². The van der Waals surface area contributed by atoms with E-state index in [4.69, 9.17) is 4.42 Å². The van der Waals surface area contributed by atoms with Gasteiger partial charge in [-0.1, -0.05) is 12.8 Å². The molecule has 2 atom stereocenters. The summed E-state index contributed by atoms with van der Waals surface area (Å²) in [6.07, 6.45) is 4.44. The van der Waals surface area contributed by atoms with Crippen molar-refractivity contribution < 1.29 is 14.3 Å². The number of hydrogen-bond donors (Lipinski definition) is 2. The minimum atomic E-state index is -0.444. The molecule has 1 fully saturated rings. The number of aryl methyl sites for hydroxylation is 1. The van der Waals surface area contributed by atoms with Crippen LogP contribution in [-0.2, 0) is 0 Å². The zero-order chi connectivity index (χ0) is 11.5. The summed E-state index contributed by atoms with van der Waals surface area (Å²) in [6, 6.07) is -0.161. The van der Waals surface area contributed by atoms with Crippen molar-refractivity contribution in [3.8, 4) is 0 Å². The van der Waals surface area contributed by atoms with Gasteiger partial charge in [-0.05, 0) is 19.8 Å². The molecule has 0 aliphatic heterocycles. The predicted octanol–water partition coefficient (Wildman–Crippen LogP) is 1.02. The highest BCUT2D eigenvalue weighted by Gasteiger charge is 2.26. The maximum Gasteiger partial charge on any atom is 0.289 e. The molecular weight excluding hydrogens is 208 g/mol. The number of nitrogens with one attached hydrogen (secondary N) is 1. The van der Waals surface area contributed by atoms with Crippen molar-refractivity contribution in [2.45, 2.75) is 44.8 Å². The van der Waals surface area contributed by atoms with Crippen LogP contribution in [0.5, 0.6) is 0 Å². The first kappa shape index (κ1) is 11.1. The molecule has 0 aromatic carbocycles. The van der Waals surface area contributed by atoms with Crippen molar-refractivity contribution in [2.75, 3.05) is 0 Å². The Bertz CT molecular complexity index is 375. The molecule has 1 aliphatic carbocycles. The zero-order valence-corrected chi connectivity index (χ0v) is 9.27. The number of nitrogens with zero attached hydrogens (tertiary/aromatic N) is 1. The molecule has 0 spiro atoms. The molecule has 0 unspecified atom stereocenters. The molecule has 16 heavy (non-hydrogen) atoms. The largest absolute Gasteiger partial charge is 0.438 e. The molecule has 2 N–H and O–H groups in total. The fraction of sp³-hybridized carbons (Fsp3) is 0.636. The van der Waals surface area contributed by atoms with Gasteiger partial charge in [0.1, 0.15) is 0 Å². The highest BCUT2D eigenvalue weighted by Crippen LogP contribution is 2.19. The molecule has 88 valence electrons. The van der Waals surface area contributed by atoms with Gasteiger partial charge in [0.05, 0.1) is 17.8 Å². The van der Waals surface area contributed by atoms with Gasteiger partial charge in [0.25, 0.3) is 5.91 Å². The summed E-state index contributed by atoms with van der Waals surface area (Å²) < 4.78 is 5.00. The lowest BCUT2D eigenvalue weighted by Gasteiger charge is -2.27. The Morgan fingerprint density at radius 3 is 2.94 bits per heavy atom. The van der Waals surface area contributed by atoms with Gasteiger partial charge in [0.15, 0.2) is 6.39 Å². The summed E-state index contributed by atoms with van der Waals surface area (Å²) in [5.74, 6) is -0.0567. The summed E-state index contributed by atoms with van der Waals surface area (Å²) in [6.45, 7) is 1.72. The molecule has 0 saturated heterocycles. The summed E-state index contributed by atoms with van der Waals surface area (Å²) in [7, 11) is 0. The van der Waals surface area contributed by atoms with Crippen molar-refractivity contribution in [1.82, 2.24) is 10.3 Å². The first-order valence-corrected chi connectivity index (χ1v) is 5.57. The lowest BCUT2D eigenvalue weighted by Crippen LogP contribution is -2.45. The first-order valence-electron chi connectivity index (χ1n) is 5.57. The van der Waals surface area contributed by atoms with E-state index in [-0.39, 0.29) is 17.7 Å². The Hall–Kier alpha value is -1.36. The average Bonchev–Trinajstić information content (AvgIpc) is 2.68. The molecule has 1 aromatic heterocycles. The van der Waals surface area contributed by atoms with Crippen LogP contribution in [0.25, 0.3) is 0 Å². The lowest BCUT2D eigenvalue weighted by molar-refractivity contribution is 0.0697. The van der Waals surface area contributed by atoms with Gasteiger partial charge in [0, 0.05) is 0 Å². The van der Waals surface area contributed by atoms with Crippen LogP contribution in [0.15, 0.2) is 10.8 Å². The minimum Gasteiger partial charge on any atom is -0.438 e. The third-order valence-electron chi connectivity index (χ3n) is 3.00. The van der Waals surface area contributed by atoms with E-state index < -0.39 is 6.10 Å². The maximum absolute atomic E-state index is 11.8. The van der Waals surface area contributed by atoms with Gasteiger partial charge in [0.2, 0.25) is 5.76 Å². The number of hydrogen-bond acceptors (Lipinski definition) is 4. The van der Waals surface area contributed by atoms with E-state index in [1.54, 1.807) is 6.92 Å². The minimum absolute atomic E-state index is 0.161. The Morgan fingerprint density at radius 2 is 2.31 bits per heavy atom. The number of carbonyl (C=O) groups is 1. The Labute approximate surface area is 93.9 Å². The van der Waals surface area contributed by atoms with Gasteiger partial charge >= 0.3 is 0 Å². The van der Waals surface area contributed by atoms with Crippen LogP contribution in [0.3, 0.4) is 0 Å². The zero-order valence-electron chi connectivity index (χ0n) is 9.27. The van der Waals surface area contributed by atoms with Gasteiger partial charge < -0.3 is 14.8 Å². The highest BCUT2D eigenvalue weighted by atomic mass is 16.3. The predicted molar refractivity (Wildman–Crippen MR) is 57.0 cm³/mol. The molecule has 5 nitrogen and oxygen atoms in total. The van der Waals surface area contributed by atoms with Gasteiger partial charge in [-0.3, -0.25) is 4.79 Å². The lowest BCUT2D eigenvalue weighted by atomic mass is 9.92. The van der Waals surface area contributed by atoms with E-state index in [0.717, 1.165) is 25.7 Å². The highest BCUT2D eigenvalue weighted by molar-refractivity contribution is 5.92. The summed E-state index contributed by atoms with van der Waals surface area (Å²) in [4.78, 5) is 15.6. The topological polar surface area (TPSA) is 75.4 Å². The normalized spacial score (nSPS) is 25.4. The number of oxazole rings is 1. The van der Waals surface area contributed by atoms with Crippen LogP contribution < -0.4 is 5.32 Å². The molecule has 0 radical (unpaired) electrons. The second-order valence-corrected chi connectivity index (χ2v) is 4.20. The third kappa shape index (κ3) is 2.24. The SMILES string of the molecule is Cc1ncoc1C(=O)N[C@H]1CCCC[C@@H]1O. The Kier molecular flexibility index (Phi) is 3.24. The van der Waals surface area contributed by atoms with Gasteiger partial charge in [-0.25, -0.2) is 4.98 Å². The van der Waals surface area contributed by atoms with E-state index in [1.807, 2.05) is 0 Å². The van der Waals surface area contributed by atoms with Crippen LogP contribution in [0.2, 0.25) is 0 Å². The third-order valence-corrected chi connectivity index (χ3v) is 3.00. The van der Waals surface area contributed by atoms with Crippen LogP contribution in [0.1, 0.15) is 41.9 Å². The molecule has 1 saturated carbocycles. The summed E-state index contributed by atoms with van der Waals surface area (Å²) in [5.41, 5.74) is 0.572. The van der Waals surface area contributed by atoms with E-state index >= 15 is 0 Å². The molecule has 1 heterocycles. The smallest absolute Gasteiger partial charge is 0.289 e. The van der Waals surface area contributed by atoms with E-state index in [2.05, 4.69) is 10.3 Å². The molecular formula is C11H16N2O3. The number of rotatable bonds is 2. The van der Waals surface area contributed by atoms with Crippen LogP contribution >= 0.6 is 0 Å². The van der Waals surface area contributed by atoms with Crippen LogP contribution in [-0.4, -0.2) is 28.1 Å². The monoisotopic (exact) mass is 224 g/mol. The first-order chi connectivity index (χ1) is 7.68. The summed E-state index contributed by atoms with van der Waals surface area (Å²) >= 11 is 0. The van der Waals surface area contributed by atoms with Crippen molar-refractivity contribution in [3.63, 3.8) is 0 Å².